The third-order valence-electron chi connectivity index (χ3n) is 22.7. The molecule has 1 saturated heterocycles. The van der Waals surface area contributed by atoms with Crippen LogP contribution in [0.2, 0.25) is 10.0 Å². The second kappa shape index (κ2) is 33.4. The Morgan fingerprint density at radius 2 is 1.29 bits per heavy atom. The van der Waals surface area contributed by atoms with Crippen LogP contribution in [0.4, 0.5) is 10.5 Å². The van der Waals surface area contributed by atoms with Crippen molar-refractivity contribution in [3.8, 4) is 62.9 Å². The predicted octanol–water partition coefficient (Wildman–Crippen LogP) is 8.14. The number of phenolic OH excluding ortho intramolecular Hbond substituents is 2. The van der Waals surface area contributed by atoms with Crippen LogP contribution in [0.1, 0.15) is 149 Å². The Morgan fingerprint density at radius 1 is 0.652 bits per heavy atom. The zero-order chi connectivity index (χ0) is 80.0. The molecule has 6 aromatic rings. The molecule has 6 aromatic carbocycles. The molecule has 16 rings (SSSR count). The topological polar surface area (TPSA) is 457 Å². The lowest BCUT2D eigenvalue weighted by atomic mass is 9.51. The number of nitrogens with two attached hydrogens (primary N) is 1. The summed E-state index contributed by atoms with van der Waals surface area (Å²) in [4.78, 5) is 136. The highest BCUT2D eigenvalue weighted by Crippen LogP contribution is 2.58. The van der Waals surface area contributed by atoms with E-state index in [1.165, 1.54) is 67.8 Å². The first-order valence-corrected chi connectivity index (χ1v) is 38.1. The lowest BCUT2D eigenvalue weighted by Crippen LogP contribution is -2.60. The van der Waals surface area contributed by atoms with E-state index >= 15 is 28.8 Å². The minimum absolute atomic E-state index is 0.00629. The summed E-state index contributed by atoms with van der Waals surface area (Å²) in [5.41, 5.74) is 4.47. The van der Waals surface area contributed by atoms with Gasteiger partial charge in [-0.15, -0.1) is 0 Å². The lowest BCUT2D eigenvalue weighted by molar-refractivity contribution is -0.277. The van der Waals surface area contributed by atoms with Gasteiger partial charge >= 0.3 is 6.09 Å². The number of hydrogen-bond acceptors (Lipinski definition) is 23. The Kier molecular flexibility index (Phi) is 23.9. The second-order valence-electron chi connectivity index (χ2n) is 30.7. The van der Waals surface area contributed by atoms with Crippen molar-refractivity contribution in [3.63, 3.8) is 0 Å². The summed E-state index contributed by atoms with van der Waals surface area (Å²) < 4.78 is 36.5. The van der Waals surface area contributed by atoms with E-state index in [1.54, 1.807) is 19.1 Å². The zero-order valence-corrected chi connectivity index (χ0v) is 62.9. The van der Waals surface area contributed by atoms with Gasteiger partial charge < -0.3 is 96.3 Å². The van der Waals surface area contributed by atoms with Gasteiger partial charge in [-0.25, -0.2) is 4.79 Å². The highest BCUT2D eigenvalue weighted by Gasteiger charge is 2.51. The maximum Gasteiger partial charge on any atom is 0.417 e. The quantitative estimate of drug-likeness (QED) is 0.0434. The summed E-state index contributed by atoms with van der Waals surface area (Å²) in [7, 11) is 1.46. The first kappa shape index (κ1) is 80.1. The van der Waals surface area contributed by atoms with Crippen LogP contribution in [-0.4, -0.2) is 150 Å². The van der Waals surface area contributed by atoms with Crippen molar-refractivity contribution >= 4 is 81.9 Å². The third kappa shape index (κ3) is 16.9. The molecule has 594 valence electrons. The number of benzene rings is 6. The van der Waals surface area contributed by atoms with Crippen LogP contribution in [0.15, 0.2) is 103 Å². The van der Waals surface area contributed by atoms with Crippen molar-refractivity contribution in [2.24, 2.45) is 53.1 Å². The van der Waals surface area contributed by atoms with E-state index in [9.17, 15) is 55.2 Å². The summed E-state index contributed by atoms with van der Waals surface area (Å²) in [6.07, 6.45) is -12.6. The smallest absolute Gasteiger partial charge is 0.417 e. The van der Waals surface area contributed by atoms with Crippen molar-refractivity contribution in [1.29, 1.82) is 0 Å². The summed E-state index contributed by atoms with van der Waals surface area (Å²) in [5.74, 6) is -15.1. The second-order valence-corrected chi connectivity index (χ2v) is 31.5. The number of Topliss-reactive ketones (excluding diaryl/α,β-unsaturated/α-hetero) is 3. The minimum atomic E-state index is -2.17. The third-order valence-corrected chi connectivity index (χ3v) is 23.3. The van der Waals surface area contributed by atoms with E-state index in [-0.39, 0.29) is 102 Å². The molecule has 4 saturated carbocycles. The SMILES string of the molecule is CC[C@H](CC(C)C)C(=O)N[C@H]1C(=O)C[C@@H](CC(N)=O)C(=O)NC2C(=O)C[C@H]3C(=O)N[C@H](C(=O)N[C@H](C(=O)CC4C5CC6CC(C5)CC4C6)c4cc(OC(=O)Nc5ccc(OC)cc5)cc(O)c4-c4cc3ccc4O)[C@H](O)c3ccc(c(Cl)c3)Oc3cc2cc(c3O[C@@H]2O[C@H](CO)[C@@H](O)[C@H](O)[C@H]2O)Oc2ccc(cc2Cl)[C@H]1O. The summed E-state index contributed by atoms with van der Waals surface area (Å²) in [6, 6.07) is 13.6. The van der Waals surface area contributed by atoms with Gasteiger partial charge in [-0.2, -0.15) is 0 Å². The van der Waals surface area contributed by atoms with Crippen molar-refractivity contribution in [1.82, 2.24) is 21.3 Å². The van der Waals surface area contributed by atoms with Crippen molar-refractivity contribution in [2.75, 3.05) is 19.0 Å². The molecule has 14 atom stereocenters. The van der Waals surface area contributed by atoms with Gasteiger partial charge in [0.2, 0.25) is 41.6 Å². The molecule has 1 unspecified atom stereocenters. The van der Waals surface area contributed by atoms with Gasteiger partial charge in [0.15, 0.2) is 28.8 Å². The Hall–Kier alpha value is -9.95. The monoisotopic (exact) mass is 1580 g/mol. The molecule has 6 heterocycles. The molecular weight excluding hydrogens is 1500 g/mol. The fourth-order valence-corrected chi connectivity index (χ4v) is 17.7. The van der Waals surface area contributed by atoms with Crippen LogP contribution >= 0.6 is 23.2 Å². The van der Waals surface area contributed by atoms with Gasteiger partial charge in [-0.3, -0.25) is 43.7 Å². The number of methoxy groups -OCH3 is 1. The number of hydrogen-bond donors (Lipinski definition) is 14. The number of carbonyl (C=O) groups is 9. The molecular formula is C81H88Cl2N6O23. The van der Waals surface area contributed by atoms with Crippen LogP contribution in [0.3, 0.4) is 0 Å². The average molecular weight is 1580 g/mol. The normalized spacial score (nSPS) is 28.5. The summed E-state index contributed by atoms with van der Waals surface area (Å²) in [5, 5.41) is 107. The summed E-state index contributed by atoms with van der Waals surface area (Å²) in [6.45, 7) is 4.60. The van der Waals surface area contributed by atoms with Gasteiger partial charge in [0.1, 0.15) is 95.3 Å². The number of carbonyl (C=O) groups excluding carboxylic acids is 9. The van der Waals surface area contributed by atoms with E-state index in [0.717, 1.165) is 62.4 Å². The van der Waals surface area contributed by atoms with E-state index in [2.05, 4.69) is 26.6 Å². The highest BCUT2D eigenvalue weighted by atomic mass is 35.5. The van der Waals surface area contributed by atoms with Crippen molar-refractivity contribution in [3.05, 3.63) is 141 Å². The highest BCUT2D eigenvalue weighted by molar-refractivity contribution is 6.32. The molecule has 6 aliphatic heterocycles. The van der Waals surface area contributed by atoms with E-state index in [4.69, 9.17) is 57.4 Å². The van der Waals surface area contributed by atoms with Gasteiger partial charge in [-0.1, -0.05) is 62.2 Å². The minimum Gasteiger partial charge on any atom is -0.507 e. The number of aliphatic hydroxyl groups is 6. The van der Waals surface area contributed by atoms with Gasteiger partial charge in [0, 0.05) is 54.5 Å². The standard InChI is InChI=1S/C81H88Cl2N6O23/c1-5-37(16-34(2)3)76(102)88-68-56(93)25-44(28-64(84)96)77(103)86-66-43-26-61(109-59-14-7-39(70(68)97)23-52(59)82)75(112-80-74(101)73(100)72(99)63(33-90)111-80)62(27-43)110-60-15-8-40(24-53(60)83)71(98)69-79(105)87-67(58(95)31-48-41-18-35-17-36(20-41)21-42(48)19-35)51-29-47(108-81(106)85-45-9-11-46(107-4)12-10-45)30-55(92)65(51)50-22-38(6-13-54(50)91)49(32-57(66)94)78(104)89-69/h6-15,22-24,26-27,29-30,34-37,41-42,44,48-49,63,66-74,80,90-92,97-101H,5,16-21,25,28,31-33H2,1-4H3,(H2,84,96)(H,85,106)(H,86,103)(H,87,105)(H,88,102)(H,89,104)/t35?,36?,37-,41?,42?,44+,48?,49-,63-,66?,67+,68+,69+,70-,71-,72-,73+,74-,80+/m1/s1. The molecule has 6 amide bonds. The zero-order valence-electron chi connectivity index (χ0n) is 61.4. The number of amides is 6. The number of anilines is 1. The molecule has 15 N–H and O–H groups in total. The number of fused-ring (bicyclic) bond motifs is 15. The van der Waals surface area contributed by atoms with Crippen molar-refractivity contribution in [2.45, 2.75) is 164 Å². The largest absolute Gasteiger partial charge is 0.507 e. The molecule has 112 heavy (non-hydrogen) atoms. The first-order valence-electron chi connectivity index (χ1n) is 37.3. The average Bonchev–Trinajstić information content (AvgIpc) is 0.756. The number of phenols is 2. The fourth-order valence-electron chi connectivity index (χ4n) is 17.2. The van der Waals surface area contributed by atoms with Crippen molar-refractivity contribution < 1.29 is 112 Å². The summed E-state index contributed by atoms with van der Waals surface area (Å²) >= 11 is 14.3. The Morgan fingerprint density at radius 3 is 1.88 bits per heavy atom. The number of primary amides is 1. The number of aromatic hydroxyl groups is 2. The molecule has 4 aliphatic carbocycles. The van der Waals surface area contributed by atoms with Crippen LogP contribution < -0.4 is 56.0 Å². The maximum absolute atomic E-state index is 16.4. The molecule has 5 fully saturated rings. The van der Waals surface area contributed by atoms with Crippen LogP contribution in [0.5, 0.6) is 51.7 Å². The van der Waals surface area contributed by atoms with E-state index < -0.39 is 192 Å². The van der Waals surface area contributed by atoms with Gasteiger partial charge in [0.05, 0.1) is 35.6 Å². The number of ketones is 3. The Labute approximate surface area is 652 Å². The number of nitrogens with one attached hydrogen (secondary N) is 5. The predicted molar refractivity (Wildman–Crippen MR) is 400 cm³/mol. The number of aliphatic hydroxyl groups excluding tert-OH is 6. The molecule has 31 heteroatoms. The fraction of sp³-hybridized carbons (Fsp3) is 0.444. The molecule has 10 aliphatic rings. The lowest BCUT2D eigenvalue weighted by Gasteiger charge is -2.54. The number of rotatable bonds is 16. The molecule has 0 radical (unpaired) electrons. The van der Waals surface area contributed by atoms with Gasteiger partial charge in [0.25, 0.3) is 0 Å². The Bertz CT molecular complexity index is 4650. The van der Waals surface area contributed by atoms with E-state index in [0.29, 0.717) is 30.4 Å². The first-order chi connectivity index (χ1) is 53.4. The number of ether oxygens (including phenoxy) is 6. The van der Waals surface area contributed by atoms with Crippen LogP contribution in [-0.2, 0) is 43.1 Å². The van der Waals surface area contributed by atoms with Gasteiger partial charge in [-0.05, 0) is 187 Å². The number of halogens is 2. The van der Waals surface area contributed by atoms with Crippen LogP contribution in [0.25, 0.3) is 11.1 Å². The molecule has 29 nitrogen and oxygen atoms in total. The molecule has 0 aromatic heterocycles. The molecule has 15 bridgehead atoms. The maximum atomic E-state index is 16.4. The van der Waals surface area contributed by atoms with E-state index in [1.807, 2.05) is 13.8 Å². The Balaban J connectivity index is 1.00. The van der Waals surface area contributed by atoms with Crippen LogP contribution in [0, 0.1) is 47.3 Å². The molecule has 0 spiro atoms.